The number of nitrogens with zero attached hydrogens (tertiary/aromatic N) is 5. The van der Waals surface area contributed by atoms with Crippen LogP contribution < -0.4 is 10.9 Å². The molecule has 1 aromatic carbocycles. The molecule has 0 aliphatic heterocycles. The summed E-state index contributed by atoms with van der Waals surface area (Å²) in [4.78, 5) is 31.9. The van der Waals surface area contributed by atoms with E-state index in [9.17, 15) is 9.59 Å². The van der Waals surface area contributed by atoms with E-state index in [1.807, 2.05) is 0 Å². The summed E-state index contributed by atoms with van der Waals surface area (Å²) in [6.45, 7) is 1.78. The predicted molar refractivity (Wildman–Crippen MR) is 103 cm³/mol. The second-order valence-electron chi connectivity index (χ2n) is 5.94. The maximum Gasteiger partial charge on any atom is 0.263 e. The number of aryl methyl sites for hydroxylation is 2. The largest absolute Gasteiger partial charge is 0.306 e. The third kappa shape index (κ3) is 3.14. The minimum atomic E-state index is -0.332. The van der Waals surface area contributed by atoms with Crippen molar-refractivity contribution >= 4 is 38.7 Å². The summed E-state index contributed by atoms with van der Waals surface area (Å²) in [6.07, 6.45) is 1.45. The van der Waals surface area contributed by atoms with Crippen LogP contribution in [0, 0.1) is 6.92 Å². The zero-order chi connectivity index (χ0) is 19.1. The van der Waals surface area contributed by atoms with Crippen LogP contribution in [0.25, 0.3) is 17.0 Å². The summed E-state index contributed by atoms with van der Waals surface area (Å²) in [5.74, 6) is 0.285. The van der Waals surface area contributed by atoms with Crippen molar-refractivity contribution in [1.82, 2.24) is 29.5 Å². The molecular weight excluding hydrogens is 414 g/mol. The minimum absolute atomic E-state index is 0.190. The molecule has 0 spiro atoms. The van der Waals surface area contributed by atoms with Crippen molar-refractivity contribution in [1.29, 1.82) is 0 Å². The van der Waals surface area contributed by atoms with Gasteiger partial charge in [0.15, 0.2) is 5.65 Å². The van der Waals surface area contributed by atoms with Gasteiger partial charge in [-0.3, -0.25) is 19.3 Å². The minimum Gasteiger partial charge on any atom is -0.306 e. The number of rotatable bonds is 3. The van der Waals surface area contributed by atoms with Crippen LogP contribution in [0.3, 0.4) is 0 Å². The van der Waals surface area contributed by atoms with Gasteiger partial charge in [0.25, 0.3) is 11.5 Å². The molecule has 0 bridgehead atoms. The topological polar surface area (TPSA) is 110 Å². The molecular formula is C17H14BrN7O2. The highest BCUT2D eigenvalue weighted by Gasteiger charge is 2.16. The number of carbonyl (C=O) groups excluding carboxylic acids is 1. The normalized spacial score (nSPS) is 11.1. The lowest BCUT2D eigenvalue weighted by atomic mass is 10.2. The lowest BCUT2D eigenvalue weighted by molar-refractivity contribution is 0.102. The smallest absolute Gasteiger partial charge is 0.263 e. The quantitative estimate of drug-likeness (QED) is 0.520. The lowest BCUT2D eigenvalue weighted by Gasteiger charge is -2.08. The standard InChI is InChI=1S/C17H14BrN7O2/c1-9-7-13(20-15(26)10-3-5-11(18)6-4-10)25(23-9)17-21-14-12(16(27)22-17)8-19-24(14)2/h3-8H,1-2H3,(H,20,26)(H,21,22,27). The first kappa shape index (κ1) is 17.2. The average Bonchev–Trinajstić information content (AvgIpc) is 3.18. The Labute approximate surface area is 161 Å². The summed E-state index contributed by atoms with van der Waals surface area (Å²) in [5.41, 5.74) is 1.24. The maximum absolute atomic E-state index is 12.5. The predicted octanol–water partition coefficient (Wildman–Crippen LogP) is 2.17. The Morgan fingerprint density at radius 1 is 1.26 bits per heavy atom. The molecule has 1 amide bonds. The van der Waals surface area contributed by atoms with Crippen molar-refractivity contribution in [2.45, 2.75) is 6.92 Å². The molecule has 0 saturated carbocycles. The summed E-state index contributed by atoms with van der Waals surface area (Å²) >= 11 is 3.34. The van der Waals surface area contributed by atoms with Gasteiger partial charge in [0.1, 0.15) is 11.2 Å². The number of nitrogens with one attached hydrogen (secondary N) is 2. The summed E-state index contributed by atoms with van der Waals surface area (Å²) in [6, 6.07) is 8.67. The Morgan fingerprint density at radius 3 is 2.74 bits per heavy atom. The number of aromatic nitrogens is 6. The van der Waals surface area contributed by atoms with E-state index in [2.05, 4.69) is 41.4 Å². The number of benzene rings is 1. The molecule has 0 aliphatic rings. The molecule has 3 aromatic heterocycles. The van der Waals surface area contributed by atoms with E-state index >= 15 is 0 Å². The number of carbonyl (C=O) groups is 1. The van der Waals surface area contributed by atoms with Crippen LogP contribution >= 0.6 is 15.9 Å². The Hall–Kier alpha value is -3.27. The van der Waals surface area contributed by atoms with Crippen molar-refractivity contribution in [3.05, 3.63) is 62.6 Å². The van der Waals surface area contributed by atoms with Crippen LogP contribution in [0.15, 0.2) is 45.8 Å². The molecule has 0 atom stereocenters. The molecule has 4 rings (SSSR count). The molecule has 4 aromatic rings. The second-order valence-corrected chi connectivity index (χ2v) is 6.85. The molecule has 0 unspecified atom stereocenters. The van der Waals surface area contributed by atoms with Crippen LogP contribution in [-0.4, -0.2) is 35.4 Å². The number of amides is 1. The van der Waals surface area contributed by atoms with Crippen LogP contribution in [0.4, 0.5) is 5.82 Å². The van der Waals surface area contributed by atoms with E-state index < -0.39 is 0 Å². The monoisotopic (exact) mass is 427 g/mol. The zero-order valence-corrected chi connectivity index (χ0v) is 16.0. The van der Waals surface area contributed by atoms with Gasteiger partial charge >= 0.3 is 0 Å². The number of fused-ring (bicyclic) bond motifs is 1. The molecule has 2 N–H and O–H groups in total. The molecule has 136 valence electrons. The number of H-pyrrole nitrogens is 1. The van der Waals surface area contributed by atoms with Gasteiger partial charge in [0.05, 0.1) is 11.9 Å². The SMILES string of the molecule is Cc1cc(NC(=O)c2ccc(Br)cc2)n(-c2nc3c(cnn3C)c(=O)[nH]2)n1. The van der Waals surface area contributed by atoms with E-state index in [1.54, 1.807) is 44.3 Å². The van der Waals surface area contributed by atoms with Crippen LogP contribution in [-0.2, 0) is 7.05 Å². The summed E-state index contributed by atoms with van der Waals surface area (Å²) in [5, 5.41) is 11.6. The first-order valence-corrected chi connectivity index (χ1v) is 8.77. The Kier molecular flexibility index (Phi) is 4.11. The van der Waals surface area contributed by atoms with Gasteiger partial charge in [-0.25, -0.2) is 0 Å². The van der Waals surface area contributed by atoms with Gasteiger partial charge in [0, 0.05) is 23.2 Å². The highest BCUT2D eigenvalue weighted by atomic mass is 79.9. The van der Waals surface area contributed by atoms with Crippen LogP contribution in [0.5, 0.6) is 0 Å². The molecule has 9 nitrogen and oxygen atoms in total. The fraction of sp³-hybridized carbons (Fsp3) is 0.118. The van der Waals surface area contributed by atoms with Crippen molar-refractivity contribution in [2.75, 3.05) is 5.32 Å². The van der Waals surface area contributed by atoms with Crippen molar-refractivity contribution in [2.24, 2.45) is 7.05 Å². The summed E-state index contributed by atoms with van der Waals surface area (Å²) < 4.78 is 3.77. The van der Waals surface area contributed by atoms with E-state index in [1.165, 1.54) is 15.6 Å². The number of aromatic amines is 1. The third-order valence-electron chi connectivity index (χ3n) is 3.97. The molecule has 10 heteroatoms. The number of halogens is 1. The molecule has 0 saturated heterocycles. The van der Waals surface area contributed by atoms with Gasteiger partial charge in [0.2, 0.25) is 5.95 Å². The van der Waals surface area contributed by atoms with Gasteiger partial charge in [-0.2, -0.15) is 19.9 Å². The number of anilines is 1. The van der Waals surface area contributed by atoms with E-state index in [-0.39, 0.29) is 17.4 Å². The number of hydrogen-bond acceptors (Lipinski definition) is 5. The highest BCUT2D eigenvalue weighted by molar-refractivity contribution is 9.10. The Bertz CT molecular complexity index is 1220. The van der Waals surface area contributed by atoms with Crippen molar-refractivity contribution < 1.29 is 4.79 Å². The maximum atomic E-state index is 12.5. The Morgan fingerprint density at radius 2 is 2.00 bits per heavy atom. The van der Waals surface area contributed by atoms with Gasteiger partial charge < -0.3 is 5.32 Å². The molecule has 0 aliphatic carbocycles. The molecule has 3 heterocycles. The van der Waals surface area contributed by atoms with Crippen molar-refractivity contribution in [3.63, 3.8) is 0 Å². The van der Waals surface area contributed by atoms with E-state index in [0.29, 0.717) is 28.1 Å². The number of hydrogen-bond donors (Lipinski definition) is 2. The summed E-state index contributed by atoms with van der Waals surface area (Å²) in [7, 11) is 1.70. The van der Waals surface area contributed by atoms with Gasteiger partial charge in [-0.05, 0) is 31.2 Å². The fourth-order valence-electron chi connectivity index (χ4n) is 2.66. The van der Waals surface area contributed by atoms with Crippen LogP contribution in [0.2, 0.25) is 0 Å². The molecule has 27 heavy (non-hydrogen) atoms. The average molecular weight is 428 g/mol. The lowest BCUT2D eigenvalue weighted by Crippen LogP contribution is -2.19. The first-order chi connectivity index (χ1) is 12.9. The fourth-order valence-corrected chi connectivity index (χ4v) is 2.93. The first-order valence-electron chi connectivity index (χ1n) is 7.98. The zero-order valence-electron chi connectivity index (χ0n) is 14.4. The second kappa shape index (κ2) is 6.47. The van der Waals surface area contributed by atoms with E-state index in [0.717, 1.165) is 4.47 Å². The van der Waals surface area contributed by atoms with Gasteiger partial charge in [-0.15, -0.1) is 0 Å². The Balaban J connectivity index is 1.75. The van der Waals surface area contributed by atoms with E-state index in [4.69, 9.17) is 0 Å². The van der Waals surface area contributed by atoms with Gasteiger partial charge in [-0.1, -0.05) is 15.9 Å². The molecule has 0 fully saturated rings. The molecule has 0 radical (unpaired) electrons. The third-order valence-corrected chi connectivity index (χ3v) is 4.50. The van der Waals surface area contributed by atoms with Crippen LogP contribution in [0.1, 0.15) is 16.1 Å². The van der Waals surface area contributed by atoms with Crippen molar-refractivity contribution in [3.8, 4) is 5.95 Å². The highest BCUT2D eigenvalue weighted by Crippen LogP contribution is 2.17.